The fraction of sp³-hybridized carbons (Fsp3) is 0.333. The van der Waals surface area contributed by atoms with Crippen molar-refractivity contribution in [3.8, 4) is 0 Å². The number of hydrogen-bond acceptors (Lipinski definition) is 4. The maximum absolute atomic E-state index is 12.0. The Bertz CT molecular complexity index is 656. The zero-order valence-electron chi connectivity index (χ0n) is 13.6. The number of carbonyl (C=O) groups excluding carboxylic acids is 2. The van der Waals surface area contributed by atoms with Crippen LogP contribution in [0.15, 0.2) is 41.8 Å². The summed E-state index contributed by atoms with van der Waals surface area (Å²) in [5.74, 6) is -0.190. The molecule has 128 valence electrons. The summed E-state index contributed by atoms with van der Waals surface area (Å²) >= 11 is 1.71. The van der Waals surface area contributed by atoms with Gasteiger partial charge in [-0.25, -0.2) is 0 Å². The Labute approximate surface area is 146 Å². The Kier molecular flexibility index (Phi) is 7.45. The number of amides is 2. The fourth-order valence-electron chi connectivity index (χ4n) is 2.25. The van der Waals surface area contributed by atoms with Crippen LogP contribution in [0.5, 0.6) is 0 Å². The molecule has 1 aromatic carbocycles. The van der Waals surface area contributed by atoms with Gasteiger partial charge in [-0.1, -0.05) is 12.1 Å². The monoisotopic (exact) mass is 345 g/mol. The van der Waals surface area contributed by atoms with Crippen LogP contribution >= 0.6 is 11.3 Å². The van der Waals surface area contributed by atoms with E-state index < -0.39 is 0 Å². The minimum absolute atomic E-state index is 0.0350. The Morgan fingerprint density at radius 2 is 2.00 bits per heavy atom. The summed E-state index contributed by atoms with van der Waals surface area (Å²) < 4.78 is 0. The van der Waals surface area contributed by atoms with E-state index in [2.05, 4.69) is 16.7 Å². The predicted octanol–water partition coefficient (Wildman–Crippen LogP) is 2.79. The van der Waals surface area contributed by atoms with Gasteiger partial charge in [0.05, 0.1) is 0 Å². The van der Waals surface area contributed by atoms with Gasteiger partial charge in [-0.2, -0.15) is 0 Å². The highest BCUT2D eigenvalue weighted by Crippen LogP contribution is 2.14. The predicted molar refractivity (Wildman–Crippen MR) is 98.3 cm³/mol. The highest BCUT2D eigenvalue weighted by atomic mass is 32.1. The number of anilines is 1. The summed E-state index contributed by atoms with van der Waals surface area (Å²) in [6.45, 7) is 1.09. The van der Waals surface area contributed by atoms with Gasteiger partial charge in [0.15, 0.2) is 0 Å². The first-order valence-electron chi connectivity index (χ1n) is 8.09. The van der Waals surface area contributed by atoms with E-state index in [1.165, 1.54) is 4.88 Å². The summed E-state index contributed by atoms with van der Waals surface area (Å²) in [5, 5.41) is 7.69. The second kappa shape index (κ2) is 9.85. The van der Waals surface area contributed by atoms with E-state index in [9.17, 15) is 9.59 Å². The molecule has 0 radical (unpaired) electrons. The number of thiophene rings is 1. The number of carbonyl (C=O) groups is 2. The summed E-state index contributed by atoms with van der Waals surface area (Å²) in [4.78, 5) is 25.3. The van der Waals surface area contributed by atoms with Crippen LogP contribution in [0.1, 0.15) is 34.5 Å². The van der Waals surface area contributed by atoms with Crippen LogP contribution in [-0.2, 0) is 11.2 Å². The van der Waals surface area contributed by atoms with Crippen LogP contribution in [0, 0.1) is 0 Å². The van der Waals surface area contributed by atoms with Gasteiger partial charge >= 0.3 is 0 Å². The molecule has 0 aliphatic carbocycles. The summed E-state index contributed by atoms with van der Waals surface area (Å²) in [5.41, 5.74) is 6.58. The molecule has 5 nitrogen and oxygen atoms in total. The van der Waals surface area contributed by atoms with E-state index in [1.54, 1.807) is 35.6 Å². The maximum Gasteiger partial charge on any atom is 0.251 e. The van der Waals surface area contributed by atoms with Crippen LogP contribution < -0.4 is 16.4 Å². The van der Waals surface area contributed by atoms with Crippen molar-refractivity contribution in [2.75, 3.05) is 18.4 Å². The van der Waals surface area contributed by atoms with Gasteiger partial charge in [0.2, 0.25) is 5.91 Å². The van der Waals surface area contributed by atoms with Crippen LogP contribution in [0.25, 0.3) is 0 Å². The fourth-order valence-corrected chi connectivity index (χ4v) is 3.00. The molecule has 2 aromatic rings. The molecule has 4 N–H and O–H groups in total. The van der Waals surface area contributed by atoms with E-state index in [-0.39, 0.29) is 11.8 Å². The second-order valence-electron chi connectivity index (χ2n) is 5.46. The maximum atomic E-state index is 12.0. The van der Waals surface area contributed by atoms with Crippen molar-refractivity contribution < 1.29 is 9.59 Å². The molecule has 0 atom stereocenters. The smallest absolute Gasteiger partial charge is 0.251 e. The average Bonchev–Trinajstić information content (AvgIpc) is 3.08. The lowest BCUT2D eigenvalue weighted by Gasteiger charge is -2.08. The molecule has 0 fully saturated rings. The number of rotatable bonds is 9. The Hall–Kier alpha value is -2.18. The second-order valence-corrected chi connectivity index (χ2v) is 6.49. The SMILES string of the molecule is NCCCNC(=O)c1cccc(NC(=O)CCCc2cccs2)c1. The van der Waals surface area contributed by atoms with E-state index >= 15 is 0 Å². The molecule has 0 aliphatic rings. The molecule has 0 bridgehead atoms. The lowest BCUT2D eigenvalue weighted by molar-refractivity contribution is -0.116. The highest BCUT2D eigenvalue weighted by molar-refractivity contribution is 7.09. The Balaban J connectivity index is 1.80. The van der Waals surface area contributed by atoms with Gasteiger partial charge in [0, 0.05) is 29.1 Å². The molecule has 2 rings (SSSR count). The van der Waals surface area contributed by atoms with Crippen molar-refractivity contribution in [2.24, 2.45) is 5.73 Å². The average molecular weight is 345 g/mol. The van der Waals surface area contributed by atoms with Crippen molar-refractivity contribution in [1.82, 2.24) is 5.32 Å². The number of hydrogen-bond donors (Lipinski definition) is 3. The molecular formula is C18H23N3O2S. The third kappa shape index (κ3) is 6.14. The first-order valence-corrected chi connectivity index (χ1v) is 8.97. The molecule has 0 saturated carbocycles. The quantitative estimate of drug-likeness (QED) is 0.611. The summed E-state index contributed by atoms with van der Waals surface area (Å²) in [7, 11) is 0. The van der Waals surface area contributed by atoms with Gasteiger partial charge < -0.3 is 16.4 Å². The highest BCUT2D eigenvalue weighted by Gasteiger charge is 2.08. The molecule has 1 heterocycles. The topological polar surface area (TPSA) is 84.2 Å². The van der Waals surface area contributed by atoms with Crippen molar-refractivity contribution in [1.29, 1.82) is 0 Å². The first-order chi connectivity index (χ1) is 11.7. The Morgan fingerprint density at radius 1 is 1.12 bits per heavy atom. The molecule has 0 spiro atoms. The van der Waals surface area contributed by atoms with E-state index in [4.69, 9.17) is 5.73 Å². The lowest BCUT2D eigenvalue weighted by Crippen LogP contribution is -2.26. The largest absolute Gasteiger partial charge is 0.352 e. The minimum atomic E-state index is -0.155. The van der Waals surface area contributed by atoms with E-state index in [0.717, 1.165) is 19.3 Å². The zero-order chi connectivity index (χ0) is 17.2. The number of nitrogens with one attached hydrogen (secondary N) is 2. The van der Waals surface area contributed by atoms with Crippen LogP contribution in [-0.4, -0.2) is 24.9 Å². The third-order valence-electron chi connectivity index (χ3n) is 3.48. The van der Waals surface area contributed by atoms with Crippen molar-refractivity contribution in [2.45, 2.75) is 25.7 Å². The van der Waals surface area contributed by atoms with Gasteiger partial charge in [0.1, 0.15) is 0 Å². The van der Waals surface area contributed by atoms with Crippen LogP contribution in [0.2, 0.25) is 0 Å². The molecule has 1 aromatic heterocycles. The van der Waals surface area contributed by atoms with Crippen molar-refractivity contribution in [3.05, 3.63) is 52.2 Å². The molecule has 0 saturated heterocycles. The lowest BCUT2D eigenvalue weighted by atomic mass is 10.1. The van der Waals surface area contributed by atoms with Crippen LogP contribution in [0.3, 0.4) is 0 Å². The minimum Gasteiger partial charge on any atom is -0.352 e. The Morgan fingerprint density at radius 3 is 2.75 bits per heavy atom. The van der Waals surface area contributed by atoms with Crippen LogP contribution in [0.4, 0.5) is 5.69 Å². The van der Waals surface area contributed by atoms with Gasteiger partial charge in [-0.15, -0.1) is 11.3 Å². The zero-order valence-corrected chi connectivity index (χ0v) is 14.4. The third-order valence-corrected chi connectivity index (χ3v) is 4.42. The first kappa shape index (κ1) is 18.2. The molecule has 0 aliphatic heterocycles. The summed E-state index contributed by atoms with van der Waals surface area (Å²) in [6.07, 6.45) is 2.93. The summed E-state index contributed by atoms with van der Waals surface area (Å²) in [6, 6.07) is 11.1. The number of benzene rings is 1. The molecule has 24 heavy (non-hydrogen) atoms. The van der Waals surface area contributed by atoms with Crippen molar-refractivity contribution in [3.63, 3.8) is 0 Å². The van der Waals surface area contributed by atoms with Gasteiger partial charge in [-0.05, 0) is 55.5 Å². The molecule has 0 unspecified atom stereocenters. The number of nitrogens with two attached hydrogens (primary N) is 1. The molecule has 2 amide bonds. The normalized spacial score (nSPS) is 10.4. The van der Waals surface area contributed by atoms with E-state index in [1.807, 2.05) is 11.4 Å². The van der Waals surface area contributed by atoms with E-state index in [0.29, 0.717) is 30.8 Å². The number of aryl methyl sites for hydroxylation is 1. The molecule has 6 heteroatoms. The van der Waals surface area contributed by atoms with Gasteiger partial charge in [0.25, 0.3) is 5.91 Å². The van der Waals surface area contributed by atoms with Crippen molar-refractivity contribution >= 4 is 28.8 Å². The standard InChI is InChI=1S/C18H23N3O2S/c19-10-4-11-20-18(23)14-5-1-6-15(13-14)21-17(22)9-2-7-16-8-3-12-24-16/h1,3,5-6,8,12-13H,2,4,7,9-11,19H2,(H,20,23)(H,21,22). The van der Waals surface area contributed by atoms with Gasteiger partial charge in [-0.3, -0.25) is 9.59 Å². The molecular weight excluding hydrogens is 322 g/mol.